The zero-order chi connectivity index (χ0) is 15.9. The number of rotatable bonds is 7. The van der Waals surface area contributed by atoms with Gasteiger partial charge in [-0.05, 0) is 29.9 Å². The van der Waals surface area contributed by atoms with Gasteiger partial charge in [0.1, 0.15) is 0 Å². The van der Waals surface area contributed by atoms with E-state index in [1.807, 2.05) is 6.07 Å². The number of thioether (sulfide) groups is 1. The van der Waals surface area contributed by atoms with Crippen LogP contribution in [0.5, 0.6) is 0 Å². The molecule has 4 nitrogen and oxygen atoms in total. The van der Waals surface area contributed by atoms with Crippen molar-refractivity contribution in [3.8, 4) is 6.07 Å². The van der Waals surface area contributed by atoms with Gasteiger partial charge in [0.15, 0.2) is 5.60 Å². The number of aliphatic hydroxyl groups is 1. The zero-order valence-corrected chi connectivity index (χ0v) is 13.8. The Hall–Kier alpha value is -0.930. The van der Waals surface area contributed by atoms with Crippen molar-refractivity contribution in [1.82, 2.24) is 0 Å². The lowest BCUT2D eigenvalue weighted by Gasteiger charge is -2.18. The van der Waals surface area contributed by atoms with E-state index in [1.54, 1.807) is 18.2 Å². The summed E-state index contributed by atoms with van der Waals surface area (Å²) in [6.45, 7) is 0. The monoisotopic (exact) mass is 347 g/mol. The molecule has 21 heavy (non-hydrogen) atoms. The number of ether oxygens (including phenoxy) is 1. The van der Waals surface area contributed by atoms with Crippen molar-refractivity contribution >= 4 is 40.9 Å². The lowest BCUT2D eigenvalue weighted by Crippen LogP contribution is -2.33. The molecule has 1 unspecified atom stereocenters. The van der Waals surface area contributed by atoms with Gasteiger partial charge >= 0.3 is 5.97 Å². The topological polar surface area (TPSA) is 70.3 Å². The molecule has 0 radical (unpaired) electrons. The van der Waals surface area contributed by atoms with Crippen molar-refractivity contribution in [3.05, 3.63) is 33.8 Å². The average Bonchev–Trinajstić information content (AvgIpc) is 2.45. The van der Waals surface area contributed by atoms with Crippen LogP contribution in [0.2, 0.25) is 10.0 Å². The van der Waals surface area contributed by atoms with E-state index in [2.05, 4.69) is 4.74 Å². The Balaban J connectivity index is 2.45. The first kappa shape index (κ1) is 18.1. The van der Waals surface area contributed by atoms with Gasteiger partial charge in [0.05, 0.1) is 19.6 Å². The molecule has 0 saturated heterocycles. The molecule has 0 bridgehead atoms. The minimum Gasteiger partial charge on any atom is -0.469 e. The first-order chi connectivity index (χ1) is 9.90. The summed E-state index contributed by atoms with van der Waals surface area (Å²) >= 11 is 13.2. The van der Waals surface area contributed by atoms with E-state index in [1.165, 1.54) is 18.9 Å². The van der Waals surface area contributed by atoms with E-state index < -0.39 is 11.6 Å². The fourth-order valence-corrected chi connectivity index (χ4v) is 3.10. The number of benzene rings is 1. The molecule has 0 aliphatic rings. The molecule has 0 aliphatic carbocycles. The number of aryl methyl sites for hydroxylation is 1. The number of halogens is 2. The highest BCUT2D eigenvalue weighted by Crippen LogP contribution is 2.23. The predicted molar refractivity (Wildman–Crippen MR) is 84.7 cm³/mol. The van der Waals surface area contributed by atoms with Crippen molar-refractivity contribution in [2.45, 2.75) is 18.4 Å². The second-order valence-corrected chi connectivity index (χ2v) is 6.38. The van der Waals surface area contributed by atoms with Crippen LogP contribution < -0.4 is 0 Å². The molecule has 0 aromatic heterocycles. The van der Waals surface area contributed by atoms with Gasteiger partial charge in [-0.1, -0.05) is 29.3 Å². The van der Waals surface area contributed by atoms with Crippen LogP contribution in [0.25, 0.3) is 0 Å². The molecule has 0 heterocycles. The largest absolute Gasteiger partial charge is 0.469 e. The molecule has 7 heteroatoms. The van der Waals surface area contributed by atoms with Crippen LogP contribution in [0.15, 0.2) is 18.2 Å². The van der Waals surface area contributed by atoms with Crippen LogP contribution in [0, 0.1) is 11.3 Å². The number of carbonyl (C=O) groups is 1. The summed E-state index contributed by atoms with van der Waals surface area (Å²) in [5.41, 5.74) is -0.760. The zero-order valence-electron chi connectivity index (χ0n) is 11.4. The molecule has 0 saturated carbocycles. The Labute approximate surface area is 138 Å². The van der Waals surface area contributed by atoms with Gasteiger partial charge < -0.3 is 9.84 Å². The third kappa shape index (κ3) is 6.15. The van der Waals surface area contributed by atoms with Crippen molar-refractivity contribution < 1.29 is 14.6 Å². The minimum absolute atomic E-state index is 0.129. The molecular weight excluding hydrogens is 333 g/mol. The molecular formula is C14H15Cl2NO3S. The van der Waals surface area contributed by atoms with E-state index in [-0.39, 0.29) is 12.2 Å². The van der Waals surface area contributed by atoms with Gasteiger partial charge in [0.25, 0.3) is 0 Å². The Kier molecular flexibility index (Phi) is 7.33. The first-order valence-corrected chi connectivity index (χ1v) is 8.03. The highest BCUT2D eigenvalue weighted by Gasteiger charge is 2.30. The van der Waals surface area contributed by atoms with Crippen LogP contribution in [0.1, 0.15) is 12.0 Å². The highest BCUT2D eigenvalue weighted by atomic mass is 35.5. The molecule has 114 valence electrons. The summed E-state index contributed by atoms with van der Waals surface area (Å²) < 4.78 is 4.46. The molecule has 1 atom stereocenters. The number of nitrogens with zero attached hydrogens (tertiary/aromatic N) is 1. The molecule has 0 aliphatic heterocycles. The van der Waals surface area contributed by atoms with Gasteiger partial charge in [-0.15, -0.1) is 0 Å². The Bertz CT molecular complexity index is 548. The second kappa shape index (κ2) is 8.50. The van der Waals surface area contributed by atoms with E-state index >= 15 is 0 Å². The van der Waals surface area contributed by atoms with Crippen molar-refractivity contribution in [2.24, 2.45) is 0 Å². The second-order valence-electron chi connectivity index (χ2n) is 4.43. The summed E-state index contributed by atoms with van der Waals surface area (Å²) in [6.07, 6.45) is 0.342. The van der Waals surface area contributed by atoms with Crippen LogP contribution >= 0.6 is 35.0 Å². The summed E-state index contributed by atoms with van der Waals surface area (Å²) in [7, 11) is 1.22. The van der Waals surface area contributed by atoms with Crippen LogP contribution in [-0.2, 0) is 16.0 Å². The SMILES string of the molecule is COC(=O)CC(O)(C#N)CSCCc1ccc(Cl)cc1Cl. The van der Waals surface area contributed by atoms with E-state index in [4.69, 9.17) is 28.5 Å². The Morgan fingerprint density at radius 1 is 1.52 bits per heavy atom. The van der Waals surface area contributed by atoms with Gasteiger partial charge in [-0.25, -0.2) is 0 Å². The fourth-order valence-electron chi connectivity index (χ4n) is 1.58. The standard InChI is InChI=1S/C14H15Cl2NO3S/c1-20-13(18)7-14(19,8-17)9-21-5-4-10-2-3-11(15)6-12(10)16/h2-3,6,19H,4-5,7,9H2,1H3. The summed E-state index contributed by atoms with van der Waals surface area (Å²) in [5, 5.41) is 20.1. The molecule has 0 spiro atoms. The van der Waals surface area contributed by atoms with Gasteiger partial charge in [0.2, 0.25) is 0 Å². The predicted octanol–water partition coefficient (Wildman–Crippen LogP) is 3.09. The van der Waals surface area contributed by atoms with Crippen molar-refractivity contribution in [1.29, 1.82) is 5.26 Å². The van der Waals surface area contributed by atoms with E-state index in [0.29, 0.717) is 22.2 Å². The number of methoxy groups -OCH3 is 1. The van der Waals surface area contributed by atoms with E-state index in [0.717, 1.165) is 5.56 Å². The third-order valence-electron chi connectivity index (χ3n) is 2.74. The van der Waals surface area contributed by atoms with Crippen molar-refractivity contribution in [2.75, 3.05) is 18.6 Å². The Morgan fingerprint density at radius 3 is 2.81 bits per heavy atom. The van der Waals surface area contributed by atoms with Gasteiger partial charge in [-0.2, -0.15) is 17.0 Å². The maximum Gasteiger partial charge on any atom is 0.309 e. The summed E-state index contributed by atoms with van der Waals surface area (Å²) in [4.78, 5) is 11.1. The summed E-state index contributed by atoms with van der Waals surface area (Å²) in [6, 6.07) is 7.03. The molecule has 1 rings (SSSR count). The number of hydrogen-bond donors (Lipinski definition) is 1. The number of hydrogen-bond acceptors (Lipinski definition) is 5. The fraction of sp³-hybridized carbons (Fsp3) is 0.429. The molecule has 0 fully saturated rings. The quantitative estimate of drug-likeness (QED) is 0.466. The number of nitriles is 1. The minimum atomic E-state index is -1.71. The van der Waals surface area contributed by atoms with Gasteiger partial charge in [0, 0.05) is 15.8 Å². The van der Waals surface area contributed by atoms with Crippen LogP contribution in [0.4, 0.5) is 0 Å². The van der Waals surface area contributed by atoms with Gasteiger partial charge in [-0.3, -0.25) is 4.79 Å². The normalized spacial score (nSPS) is 13.3. The Morgan fingerprint density at radius 2 is 2.24 bits per heavy atom. The maximum atomic E-state index is 11.1. The summed E-state index contributed by atoms with van der Waals surface area (Å²) in [5.74, 6) is 0.177. The molecule has 1 aromatic carbocycles. The van der Waals surface area contributed by atoms with Crippen LogP contribution in [-0.4, -0.2) is 35.3 Å². The average molecular weight is 348 g/mol. The molecule has 1 aromatic rings. The third-order valence-corrected chi connectivity index (χ3v) is 4.51. The lowest BCUT2D eigenvalue weighted by atomic mass is 10.1. The molecule has 0 amide bonds. The maximum absolute atomic E-state index is 11.1. The smallest absolute Gasteiger partial charge is 0.309 e. The first-order valence-electron chi connectivity index (χ1n) is 6.12. The van der Waals surface area contributed by atoms with E-state index in [9.17, 15) is 9.90 Å². The van der Waals surface area contributed by atoms with Crippen LogP contribution in [0.3, 0.4) is 0 Å². The highest BCUT2D eigenvalue weighted by molar-refractivity contribution is 7.99. The van der Waals surface area contributed by atoms with Crippen molar-refractivity contribution in [3.63, 3.8) is 0 Å². The number of esters is 1. The lowest BCUT2D eigenvalue weighted by molar-refractivity contribution is -0.143. The molecule has 1 N–H and O–H groups in total. The number of carbonyl (C=O) groups excluding carboxylic acids is 1.